The fourth-order valence-corrected chi connectivity index (χ4v) is 2.50. The highest BCUT2D eigenvalue weighted by Gasteiger charge is 2.09. The summed E-state index contributed by atoms with van der Waals surface area (Å²) < 4.78 is 5.72. The Balaban J connectivity index is 1.45. The Bertz CT molecular complexity index is 878. The van der Waals surface area contributed by atoms with Gasteiger partial charge < -0.3 is 10.1 Å². The predicted molar refractivity (Wildman–Crippen MR) is 104 cm³/mol. The number of nitrogens with zero attached hydrogens (tertiary/aromatic N) is 1. The van der Waals surface area contributed by atoms with E-state index >= 15 is 0 Å². The topological polar surface area (TPSA) is 68.3 Å². The first-order chi connectivity index (χ1) is 13.2. The number of amides is 1. The highest BCUT2D eigenvalue weighted by atomic mass is 16.5. The van der Waals surface area contributed by atoms with E-state index in [1.807, 2.05) is 30.3 Å². The molecule has 1 N–H and O–H groups in total. The third kappa shape index (κ3) is 5.78. The van der Waals surface area contributed by atoms with Crippen LogP contribution in [0, 0.1) is 0 Å². The van der Waals surface area contributed by atoms with Crippen LogP contribution < -0.4 is 10.1 Å². The van der Waals surface area contributed by atoms with Crippen molar-refractivity contribution < 1.29 is 14.3 Å². The van der Waals surface area contributed by atoms with Gasteiger partial charge in [0.05, 0.1) is 0 Å². The van der Waals surface area contributed by atoms with E-state index in [1.54, 1.807) is 42.6 Å². The zero-order valence-electron chi connectivity index (χ0n) is 14.8. The van der Waals surface area contributed by atoms with Crippen molar-refractivity contribution in [3.63, 3.8) is 0 Å². The second kappa shape index (κ2) is 9.29. The second-order valence-corrected chi connectivity index (χ2v) is 6.01. The summed E-state index contributed by atoms with van der Waals surface area (Å²) in [5.41, 5.74) is 2.28. The summed E-state index contributed by atoms with van der Waals surface area (Å²) in [5.74, 6) is 0.428. The first-order valence-electron chi connectivity index (χ1n) is 8.70. The largest absolute Gasteiger partial charge is 0.489 e. The molecule has 0 aliphatic carbocycles. The molecular formula is C22H20N2O3. The van der Waals surface area contributed by atoms with Crippen molar-refractivity contribution in [1.29, 1.82) is 0 Å². The molecule has 0 saturated carbocycles. The number of rotatable bonds is 8. The van der Waals surface area contributed by atoms with E-state index in [2.05, 4.69) is 10.3 Å². The monoisotopic (exact) mass is 360 g/mol. The molecule has 0 aliphatic rings. The Morgan fingerprint density at radius 1 is 0.889 bits per heavy atom. The van der Waals surface area contributed by atoms with Gasteiger partial charge in [-0.3, -0.25) is 14.6 Å². The summed E-state index contributed by atoms with van der Waals surface area (Å²) in [6.07, 6.45) is 3.39. The van der Waals surface area contributed by atoms with Crippen molar-refractivity contribution in [3.05, 3.63) is 90.3 Å². The normalized spacial score (nSPS) is 10.2. The molecule has 136 valence electrons. The summed E-state index contributed by atoms with van der Waals surface area (Å²) in [5, 5.41) is 2.79. The van der Waals surface area contributed by atoms with Gasteiger partial charge in [-0.1, -0.05) is 30.3 Å². The molecule has 27 heavy (non-hydrogen) atoms. The molecule has 2 aromatic carbocycles. The number of pyridine rings is 1. The molecular weight excluding hydrogens is 340 g/mol. The van der Waals surface area contributed by atoms with E-state index < -0.39 is 0 Å². The molecule has 3 aromatic rings. The fourth-order valence-electron chi connectivity index (χ4n) is 2.50. The minimum Gasteiger partial charge on any atom is -0.489 e. The third-order valence-electron chi connectivity index (χ3n) is 3.95. The van der Waals surface area contributed by atoms with Gasteiger partial charge in [-0.25, -0.2) is 0 Å². The Morgan fingerprint density at radius 3 is 2.37 bits per heavy atom. The number of carbonyl (C=O) groups excluding carboxylic acids is 2. The first kappa shape index (κ1) is 18.3. The minimum atomic E-state index is -0.204. The Labute approximate surface area is 158 Å². The van der Waals surface area contributed by atoms with Crippen molar-refractivity contribution in [2.45, 2.75) is 19.4 Å². The van der Waals surface area contributed by atoms with E-state index in [-0.39, 0.29) is 24.5 Å². The van der Waals surface area contributed by atoms with Gasteiger partial charge in [-0.2, -0.15) is 0 Å². The lowest BCUT2D eigenvalue weighted by Gasteiger charge is -2.08. The Kier molecular flexibility index (Phi) is 6.30. The number of hydrogen-bond donors (Lipinski definition) is 1. The predicted octanol–water partition coefficient (Wildman–Crippen LogP) is 4.26. The Hall–Kier alpha value is -3.47. The smallest absolute Gasteiger partial charge is 0.224 e. The summed E-state index contributed by atoms with van der Waals surface area (Å²) in [4.78, 5) is 27.9. The molecule has 1 aromatic heterocycles. The van der Waals surface area contributed by atoms with E-state index in [1.165, 1.54) is 6.20 Å². The van der Waals surface area contributed by atoms with Crippen LogP contribution in [0.1, 0.15) is 28.8 Å². The summed E-state index contributed by atoms with van der Waals surface area (Å²) in [6.45, 7) is 0.489. The van der Waals surface area contributed by atoms with Crippen LogP contribution in [-0.2, 0) is 11.4 Å². The number of ketones is 1. The standard InChI is InChI=1S/C22H20N2O3/c25-21(18-7-4-14-23-15-18)12-13-22(26)24-19-8-10-20(11-9-19)27-16-17-5-2-1-3-6-17/h1-11,14-15H,12-13,16H2,(H,24,26). The lowest BCUT2D eigenvalue weighted by atomic mass is 10.1. The number of carbonyl (C=O) groups is 2. The summed E-state index contributed by atoms with van der Waals surface area (Å²) in [6, 6.07) is 20.5. The zero-order chi connectivity index (χ0) is 18.9. The minimum absolute atomic E-state index is 0.0945. The molecule has 5 heteroatoms. The van der Waals surface area contributed by atoms with Gasteiger partial charge in [0.2, 0.25) is 5.91 Å². The van der Waals surface area contributed by atoms with Crippen LogP contribution in [0.5, 0.6) is 5.75 Å². The second-order valence-electron chi connectivity index (χ2n) is 6.01. The molecule has 0 fully saturated rings. The lowest BCUT2D eigenvalue weighted by Crippen LogP contribution is -2.13. The van der Waals surface area contributed by atoms with Gasteiger partial charge in [-0.05, 0) is 42.0 Å². The number of ether oxygens (including phenoxy) is 1. The van der Waals surface area contributed by atoms with Crippen molar-refractivity contribution in [1.82, 2.24) is 4.98 Å². The molecule has 0 bridgehead atoms. The molecule has 0 radical (unpaired) electrons. The summed E-state index contributed by atoms with van der Waals surface area (Å²) >= 11 is 0. The number of Topliss-reactive ketones (excluding diaryl/α,β-unsaturated/α-hetero) is 1. The van der Waals surface area contributed by atoms with Crippen LogP contribution in [-0.4, -0.2) is 16.7 Å². The lowest BCUT2D eigenvalue weighted by molar-refractivity contribution is -0.116. The van der Waals surface area contributed by atoms with E-state index in [0.717, 1.165) is 11.3 Å². The van der Waals surface area contributed by atoms with Gasteiger partial charge in [0.1, 0.15) is 12.4 Å². The molecule has 0 atom stereocenters. The van der Waals surface area contributed by atoms with Crippen LogP contribution in [0.15, 0.2) is 79.1 Å². The third-order valence-corrected chi connectivity index (χ3v) is 3.95. The van der Waals surface area contributed by atoms with Crippen LogP contribution >= 0.6 is 0 Å². The van der Waals surface area contributed by atoms with Crippen molar-refractivity contribution in [3.8, 4) is 5.75 Å². The van der Waals surface area contributed by atoms with E-state index in [9.17, 15) is 9.59 Å². The van der Waals surface area contributed by atoms with Crippen LogP contribution in [0.25, 0.3) is 0 Å². The molecule has 3 rings (SSSR count). The van der Waals surface area contributed by atoms with Gasteiger partial charge >= 0.3 is 0 Å². The maximum absolute atomic E-state index is 12.0. The molecule has 0 saturated heterocycles. The molecule has 0 unspecified atom stereocenters. The molecule has 0 spiro atoms. The quantitative estimate of drug-likeness (QED) is 0.609. The van der Waals surface area contributed by atoms with Gasteiger partial charge in [0, 0.05) is 36.5 Å². The molecule has 1 amide bonds. The van der Waals surface area contributed by atoms with Crippen LogP contribution in [0.3, 0.4) is 0 Å². The SMILES string of the molecule is O=C(CCC(=O)c1cccnc1)Nc1ccc(OCc2ccccc2)cc1. The molecule has 1 heterocycles. The van der Waals surface area contributed by atoms with Crippen LogP contribution in [0.4, 0.5) is 5.69 Å². The highest BCUT2D eigenvalue weighted by Crippen LogP contribution is 2.17. The average Bonchev–Trinajstić information content (AvgIpc) is 2.73. The number of anilines is 1. The van der Waals surface area contributed by atoms with E-state index in [4.69, 9.17) is 4.74 Å². The van der Waals surface area contributed by atoms with Crippen molar-refractivity contribution >= 4 is 17.4 Å². The maximum atomic E-state index is 12.0. The molecule has 5 nitrogen and oxygen atoms in total. The van der Waals surface area contributed by atoms with Crippen molar-refractivity contribution in [2.24, 2.45) is 0 Å². The van der Waals surface area contributed by atoms with Crippen LogP contribution in [0.2, 0.25) is 0 Å². The Morgan fingerprint density at radius 2 is 1.67 bits per heavy atom. The highest BCUT2D eigenvalue weighted by molar-refractivity contribution is 5.99. The average molecular weight is 360 g/mol. The van der Waals surface area contributed by atoms with E-state index in [0.29, 0.717) is 17.9 Å². The zero-order valence-corrected chi connectivity index (χ0v) is 14.8. The fraction of sp³-hybridized carbons (Fsp3) is 0.136. The first-order valence-corrected chi connectivity index (χ1v) is 8.70. The number of benzene rings is 2. The van der Waals surface area contributed by atoms with Crippen molar-refractivity contribution in [2.75, 3.05) is 5.32 Å². The summed E-state index contributed by atoms with van der Waals surface area (Å²) in [7, 11) is 0. The van der Waals surface area contributed by atoms with Gasteiger partial charge in [-0.15, -0.1) is 0 Å². The maximum Gasteiger partial charge on any atom is 0.224 e. The number of nitrogens with one attached hydrogen (secondary N) is 1. The number of aromatic nitrogens is 1. The van der Waals surface area contributed by atoms with Gasteiger partial charge in [0.15, 0.2) is 5.78 Å². The number of hydrogen-bond acceptors (Lipinski definition) is 4. The van der Waals surface area contributed by atoms with Gasteiger partial charge in [0.25, 0.3) is 0 Å². The molecule has 0 aliphatic heterocycles.